The summed E-state index contributed by atoms with van der Waals surface area (Å²) in [5, 5.41) is 0. The second-order valence-corrected chi connectivity index (χ2v) is 8.22. The molecule has 0 bridgehead atoms. The summed E-state index contributed by atoms with van der Waals surface area (Å²) in [5.41, 5.74) is 8.59. The largest absolute Gasteiger partial charge is 0.455 e. The van der Waals surface area contributed by atoms with Gasteiger partial charge in [-0.25, -0.2) is 4.79 Å². The zero-order valence-electron chi connectivity index (χ0n) is 17.8. The Hall–Kier alpha value is -2.62. The Morgan fingerprint density at radius 3 is 2.45 bits per heavy atom. The van der Waals surface area contributed by atoms with Crippen LogP contribution in [0.3, 0.4) is 0 Å². The first-order valence-corrected chi connectivity index (χ1v) is 9.84. The molecule has 1 aromatic carbocycles. The standard InChI is InChI=1S/C21H26N2O8/c1-21(2,3)20(25)31-16-15-13(11-27-18(30-15)12-8-6-5-7-9-12)28-19(26-4)17(16)29-14(24)10-23-22/h5-10,13,15-19H,11H2,1-4H3/t13-,15-,16+,17+,18?,19+/m1/s1. The average Bonchev–Trinajstić information content (AvgIpc) is 2.74. The smallest absolute Gasteiger partial charge is 0.414 e. The zero-order chi connectivity index (χ0) is 22.6. The van der Waals surface area contributed by atoms with Crippen LogP contribution < -0.4 is 0 Å². The zero-order valence-corrected chi connectivity index (χ0v) is 17.8. The van der Waals surface area contributed by atoms with E-state index >= 15 is 0 Å². The van der Waals surface area contributed by atoms with Gasteiger partial charge in [0.05, 0.1) is 12.0 Å². The molecule has 2 aliphatic rings. The number of carbonyl (C=O) groups is 2. The first-order valence-electron chi connectivity index (χ1n) is 9.84. The molecule has 2 saturated heterocycles. The molecule has 1 aromatic rings. The normalized spacial score (nSPS) is 30.5. The fourth-order valence-electron chi connectivity index (χ4n) is 3.29. The highest BCUT2D eigenvalue weighted by Crippen LogP contribution is 2.37. The third kappa shape index (κ3) is 5.36. The second kappa shape index (κ2) is 9.67. The Labute approximate surface area is 179 Å². The predicted octanol–water partition coefficient (Wildman–Crippen LogP) is 1.64. The van der Waals surface area contributed by atoms with Gasteiger partial charge in [0.15, 0.2) is 24.8 Å². The van der Waals surface area contributed by atoms with Crippen LogP contribution in [0.2, 0.25) is 0 Å². The van der Waals surface area contributed by atoms with Crippen molar-refractivity contribution in [2.45, 2.75) is 57.8 Å². The number of methoxy groups -OCH3 is 1. The highest BCUT2D eigenvalue weighted by molar-refractivity contribution is 6.20. The van der Waals surface area contributed by atoms with Crippen LogP contribution in [0.15, 0.2) is 30.3 Å². The van der Waals surface area contributed by atoms with Crippen molar-refractivity contribution >= 4 is 18.2 Å². The summed E-state index contributed by atoms with van der Waals surface area (Å²) in [6.07, 6.45) is -4.87. The fraction of sp³-hybridized carbons (Fsp3) is 0.571. The molecule has 31 heavy (non-hydrogen) atoms. The molecule has 1 unspecified atom stereocenters. The number of nitrogens with zero attached hydrogens (tertiary/aromatic N) is 2. The van der Waals surface area contributed by atoms with Crippen LogP contribution in [0.25, 0.3) is 5.53 Å². The van der Waals surface area contributed by atoms with Gasteiger partial charge in [-0.1, -0.05) is 30.3 Å². The van der Waals surface area contributed by atoms with Gasteiger partial charge >= 0.3 is 18.2 Å². The van der Waals surface area contributed by atoms with Crippen molar-refractivity contribution in [2.24, 2.45) is 5.41 Å². The van der Waals surface area contributed by atoms with Gasteiger partial charge in [-0.05, 0) is 20.8 Å². The number of carbonyl (C=O) groups excluding carboxylic acids is 2. The Kier molecular flexibility index (Phi) is 7.19. The molecule has 0 radical (unpaired) electrons. The lowest BCUT2D eigenvalue weighted by molar-refractivity contribution is -0.359. The molecular weight excluding hydrogens is 408 g/mol. The van der Waals surface area contributed by atoms with Crippen LogP contribution in [0.4, 0.5) is 0 Å². The number of benzene rings is 1. The topological polar surface area (TPSA) is 126 Å². The molecule has 0 spiro atoms. The quantitative estimate of drug-likeness (QED) is 0.296. The van der Waals surface area contributed by atoms with E-state index < -0.39 is 54.3 Å². The van der Waals surface area contributed by atoms with Gasteiger partial charge in [0.1, 0.15) is 12.2 Å². The van der Waals surface area contributed by atoms with Gasteiger partial charge in [-0.3, -0.25) is 4.79 Å². The van der Waals surface area contributed by atoms with E-state index in [4.69, 9.17) is 34.0 Å². The average molecular weight is 434 g/mol. The maximum atomic E-state index is 12.7. The first kappa shape index (κ1) is 23.1. The van der Waals surface area contributed by atoms with Gasteiger partial charge in [0.25, 0.3) is 0 Å². The minimum atomic E-state index is -1.17. The third-order valence-corrected chi connectivity index (χ3v) is 4.86. The van der Waals surface area contributed by atoms with Crippen molar-refractivity contribution in [1.82, 2.24) is 0 Å². The van der Waals surface area contributed by atoms with E-state index in [0.717, 1.165) is 5.56 Å². The minimum absolute atomic E-state index is 0.145. The lowest BCUT2D eigenvalue weighted by Gasteiger charge is -2.48. The van der Waals surface area contributed by atoms with Crippen molar-refractivity contribution < 1.29 is 42.8 Å². The number of hydrogen-bond acceptors (Lipinski definition) is 8. The van der Waals surface area contributed by atoms with Crippen molar-refractivity contribution in [1.29, 1.82) is 0 Å². The fourth-order valence-corrected chi connectivity index (χ4v) is 3.29. The molecule has 0 saturated carbocycles. The van der Waals surface area contributed by atoms with Crippen LogP contribution in [-0.4, -0.2) is 67.4 Å². The molecule has 6 atom stereocenters. The third-order valence-electron chi connectivity index (χ3n) is 4.86. The van der Waals surface area contributed by atoms with Crippen LogP contribution in [0, 0.1) is 5.41 Å². The van der Waals surface area contributed by atoms with E-state index in [1.54, 1.807) is 20.8 Å². The summed E-state index contributed by atoms with van der Waals surface area (Å²) < 4.78 is 34.2. The summed E-state index contributed by atoms with van der Waals surface area (Å²) in [4.78, 5) is 27.4. The predicted molar refractivity (Wildman–Crippen MR) is 105 cm³/mol. The first-order chi connectivity index (χ1) is 14.7. The van der Waals surface area contributed by atoms with E-state index in [0.29, 0.717) is 6.21 Å². The molecule has 10 heteroatoms. The summed E-state index contributed by atoms with van der Waals surface area (Å²) >= 11 is 0. The maximum Gasteiger partial charge on any atom is 0.414 e. The van der Waals surface area contributed by atoms with E-state index in [2.05, 4.69) is 4.79 Å². The van der Waals surface area contributed by atoms with Gasteiger partial charge in [0, 0.05) is 12.7 Å². The van der Waals surface area contributed by atoms with Gasteiger partial charge in [-0.15, -0.1) is 0 Å². The van der Waals surface area contributed by atoms with E-state index in [1.807, 2.05) is 30.3 Å². The molecular formula is C21H26N2O8. The van der Waals surface area contributed by atoms with E-state index in [9.17, 15) is 9.59 Å². The molecule has 0 N–H and O–H groups in total. The van der Waals surface area contributed by atoms with Gasteiger partial charge in [-0.2, -0.15) is 4.79 Å². The van der Waals surface area contributed by atoms with Crippen LogP contribution in [0.1, 0.15) is 32.6 Å². The van der Waals surface area contributed by atoms with Crippen molar-refractivity contribution in [3.8, 4) is 0 Å². The summed E-state index contributed by atoms with van der Waals surface area (Å²) in [5.74, 6) is -1.48. The SMILES string of the molecule is CO[C@H]1O[C@@H]2COC(c3ccccc3)O[C@H]2[C@H](OC(=O)C(C)(C)C)[C@@H]1OC(=O)C=[N+]=[N-]. The monoisotopic (exact) mass is 434 g/mol. The van der Waals surface area contributed by atoms with Crippen molar-refractivity contribution in [3.63, 3.8) is 0 Å². The Bertz CT molecular complexity index is 834. The summed E-state index contributed by atoms with van der Waals surface area (Å²) in [6.45, 7) is 5.26. The Morgan fingerprint density at radius 1 is 1.13 bits per heavy atom. The number of rotatable bonds is 5. The highest BCUT2D eigenvalue weighted by atomic mass is 16.8. The number of fused-ring (bicyclic) bond motifs is 1. The van der Waals surface area contributed by atoms with E-state index in [-0.39, 0.29) is 6.61 Å². The Balaban J connectivity index is 1.92. The van der Waals surface area contributed by atoms with E-state index in [1.165, 1.54) is 7.11 Å². The van der Waals surface area contributed by atoms with Crippen molar-refractivity contribution in [3.05, 3.63) is 41.4 Å². The second-order valence-electron chi connectivity index (χ2n) is 8.22. The van der Waals surface area contributed by atoms with Gasteiger partial charge in [0.2, 0.25) is 0 Å². The molecule has 2 aliphatic heterocycles. The van der Waals surface area contributed by atoms with Crippen LogP contribution >= 0.6 is 0 Å². The Morgan fingerprint density at radius 2 is 1.84 bits per heavy atom. The maximum absolute atomic E-state index is 12.7. The number of ether oxygens (including phenoxy) is 6. The molecule has 168 valence electrons. The minimum Gasteiger partial charge on any atom is -0.455 e. The summed E-state index contributed by atoms with van der Waals surface area (Å²) in [7, 11) is 1.37. The molecule has 2 heterocycles. The molecule has 0 aromatic heterocycles. The lowest BCUT2D eigenvalue weighted by atomic mass is 9.94. The van der Waals surface area contributed by atoms with Crippen molar-refractivity contribution in [2.75, 3.05) is 13.7 Å². The molecule has 2 fully saturated rings. The van der Waals surface area contributed by atoms with Crippen LogP contribution in [-0.2, 0) is 38.0 Å². The highest BCUT2D eigenvalue weighted by Gasteiger charge is 2.54. The number of hydrogen-bond donors (Lipinski definition) is 0. The number of esters is 2. The molecule has 0 amide bonds. The van der Waals surface area contributed by atoms with Gasteiger partial charge < -0.3 is 34.0 Å². The molecule has 10 nitrogen and oxygen atoms in total. The molecule has 3 rings (SSSR count). The van der Waals surface area contributed by atoms with Crippen LogP contribution in [0.5, 0.6) is 0 Å². The summed E-state index contributed by atoms with van der Waals surface area (Å²) in [6, 6.07) is 9.26. The molecule has 0 aliphatic carbocycles. The lowest BCUT2D eigenvalue weighted by Crippen LogP contribution is -2.64.